The first-order chi connectivity index (χ1) is 12.0. The van der Waals surface area contributed by atoms with E-state index in [-0.39, 0.29) is 12.5 Å². The fourth-order valence-electron chi connectivity index (χ4n) is 2.08. The molecule has 2 rings (SSSR count). The highest BCUT2D eigenvalue weighted by Crippen LogP contribution is 2.26. The standard InChI is InChI=1S/C18H19NO6/c1-12-9-13(24-11-18(21)22)7-8-14(12)19-17(20)10-25-16-6-4-3-5-15(16)23-2/h3-9H,10-11H2,1-2H3,(H,19,20)(H,21,22). The van der Waals surface area contributed by atoms with Gasteiger partial charge in [0.05, 0.1) is 7.11 Å². The highest BCUT2D eigenvalue weighted by Gasteiger charge is 2.09. The van der Waals surface area contributed by atoms with Crippen LogP contribution in [0.4, 0.5) is 5.69 Å². The van der Waals surface area contributed by atoms with Crippen molar-refractivity contribution in [3.63, 3.8) is 0 Å². The molecule has 0 saturated carbocycles. The van der Waals surface area contributed by atoms with Gasteiger partial charge >= 0.3 is 5.97 Å². The van der Waals surface area contributed by atoms with E-state index in [1.807, 2.05) is 6.07 Å². The predicted octanol–water partition coefficient (Wildman–Crippen LogP) is 2.48. The summed E-state index contributed by atoms with van der Waals surface area (Å²) in [5.41, 5.74) is 1.34. The molecule has 0 fully saturated rings. The van der Waals surface area contributed by atoms with Gasteiger partial charge in [0, 0.05) is 5.69 Å². The molecule has 132 valence electrons. The summed E-state index contributed by atoms with van der Waals surface area (Å²) in [5, 5.41) is 11.3. The summed E-state index contributed by atoms with van der Waals surface area (Å²) in [7, 11) is 1.53. The second kappa shape index (κ2) is 8.58. The van der Waals surface area contributed by atoms with Crippen molar-refractivity contribution in [3.8, 4) is 17.2 Å². The third kappa shape index (κ3) is 5.42. The van der Waals surface area contributed by atoms with Crippen LogP contribution in [0.15, 0.2) is 42.5 Å². The number of anilines is 1. The summed E-state index contributed by atoms with van der Waals surface area (Å²) >= 11 is 0. The second-order valence-electron chi connectivity index (χ2n) is 5.15. The number of aryl methyl sites for hydroxylation is 1. The Balaban J connectivity index is 1.92. The molecule has 0 radical (unpaired) electrons. The molecule has 0 aromatic heterocycles. The van der Waals surface area contributed by atoms with E-state index in [2.05, 4.69) is 5.32 Å². The molecule has 0 aliphatic heterocycles. The van der Waals surface area contributed by atoms with Gasteiger partial charge in [-0.3, -0.25) is 4.79 Å². The van der Waals surface area contributed by atoms with Crippen LogP contribution in [0.25, 0.3) is 0 Å². The maximum absolute atomic E-state index is 12.1. The quantitative estimate of drug-likeness (QED) is 0.763. The van der Waals surface area contributed by atoms with Crippen LogP contribution in [0.2, 0.25) is 0 Å². The van der Waals surface area contributed by atoms with Crippen molar-refractivity contribution in [1.29, 1.82) is 0 Å². The fourth-order valence-corrected chi connectivity index (χ4v) is 2.08. The summed E-state index contributed by atoms with van der Waals surface area (Å²) in [6.45, 7) is 1.19. The largest absolute Gasteiger partial charge is 0.493 e. The number of ether oxygens (including phenoxy) is 3. The number of para-hydroxylation sites is 2. The molecule has 0 spiro atoms. The molecule has 2 aromatic carbocycles. The number of carbonyl (C=O) groups is 2. The lowest BCUT2D eigenvalue weighted by Crippen LogP contribution is -2.20. The number of amides is 1. The maximum Gasteiger partial charge on any atom is 0.341 e. The molecule has 25 heavy (non-hydrogen) atoms. The zero-order chi connectivity index (χ0) is 18.2. The number of aliphatic carboxylic acids is 1. The Kier molecular flexibility index (Phi) is 6.22. The van der Waals surface area contributed by atoms with Gasteiger partial charge in [-0.15, -0.1) is 0 Å². The summed E-state index contributed by atoms with van der Waals surface area (Å²) in [6.07, 6.45) is 0. The lowest BCUT2D eigenvalue weighted by Gasteiger charge is -2.12. The van der Waals surface area contributed by atoms with Gasteiger partial charge in [-0.25, -0.2) is 4.79 Å². The van der Waals surface area contributed by atoms with E-state index in [1.54, 1.807) is 43.3 Å². The maximum atomic E-state index is 12.1. The van der Waals surface area contributed by atoms with Gasteiger partial charge in [-0.05, 0) is 42.8 Å². The van der Waals surface area contributed by atoms with E-state index in [9.17, 15) is 9.59 Å². The molecular weight excluding hydrogens is 326 g/mol. The highest BCUT2D eigenvalue weighted by molar-refractivity contribution is 5.92. The average Bonchev–Trinajstić information content (AvgIpc) is 2.60. The molecular formula is C18H19NO6. The number of carboxylic acid groups (broad SMARTS) is 1. The minimum absolute atomic E-state index is 0.170. The SMILES string of the molecule is COc1ccccc1OCC(=O)Nc1ccc(OCC(=O)O)cc1C. The second-order valence-corrected chi connectivity index (χ2v) is 5.15. The lowest BCUT2D eigenvalue weighted by molar-refractivity contribution is -0.139. The molecule has 0 bridgehead atoms. The zero-order valence-corrected chi connectivity index (χ0v) is 13.9. The number of hydrogen-bond donors (Lipinski definition) is 2. The Morgan fingerprint density at radius 2 is 1.76 bits per heavy atom. The van der Waals surface area contributed by atoms with E-state index >= 15 is 0 Å². The number of hydrogen-bond acceptors (Lipinski definition) is 5. The summed E-state index contributed by atoms with van der Waals surface area (Å²) < 4.78 is 15.7. The molecule has 2 N–H and O–H groups in total. The molecule has 7 heteroatoms. The van der Waals surface area contributed by atoms with Crippen molar-refractivity contribution in [1.82, 2.24) is 0 Å². The van der Waals surface area contributed by atoms with Gasteiger partial charge in [0.15, 0.2) is 24.7 Å². The van der Waals surface area contributed by atoms with Crippen molar-refractivity contribution >= 4 is 17.6 Å². The van der Waals surface area contributed by atoms with Gasteiger partial charge in [0.2, 0.25) is 0 Å². The Morgan fingerprint density at radius 1 is 1.04 bits per heavy atom. The van der Waals surface area contributed by atoms with Gasteiger partial charge in [-0.2, -0.15) is 0 Å². The summed E-state index contributed by atoms with van der Waals surface area (Å²) in [4.78, 5) is 22.6. The van der Waals surface area contributed by atoms with Crippen LogP contribution >= 0.6 is 0 Å². The topological polar surface area (TPSA) is 94.1 Å². The highest BCUT2D eigenvalue weighted by atomic mass is 16.5. The third-order valence-corrected chi connectivity index (χ3v) is 3.26. The van der Waals surface area contributed by atoms with Crippen LogP contribution in [0.1, 0.15) is 5.56 Å². The number of carbonyl (C=O) groups excluding carboxylic acids is 1. The van der Waals surface area contributed by atoms with Crippen molar-refractivity contribution in [2.24, 2.45) is 0 Å². The van der Waals surface area contributed by atoms with E-state index < -0.39 is 12.6 Å². The van der Waals surface area contributed by atoms with E-state index in [1.165, 1.54) is 7.11 Å². The number of methoxy groups -OCH3 is 1. The van der Waals surface area contributed by atoms with Gasteiger partial charge in [0.25, 0.3) is 5.91 Å². The van der Waals surface area contributed by atoms with Gasteiger partial charge < -0.3 is 24.6 Å². The van der Waals surface area contributed by atoms with Crippen molar-refractivity contribution < 1.29 is 28.9 Å². The van der Waals surface area contributed by atoms with Crippen molar-refractivity contribution in [2.75, 3.05) is 25.6 Å². The normalized spacial score (nSPS) is 10.0. The van der Waals surface area contributed by atoms with Crippen LogP contribution in [-0.2, 0) is 9.59 Å². The molecule has 7 nitrogen and oxygen atoms in total. The number of carboxylic acids is 1. The molecule has 0 aliphatic rings. The number of benzene rings is 2. The van der Waals surface area contributed by atoms with Crippen LogP contribution in [-0.4, -0.2) is 37.3 Å². The minimum Gasteiger partial charge on any atom is -0.493 e. The molecule has 0 heterocycles. The Labute approximate surface area is 145 Å². The van der Waals surface area contributed by atoms with Crippen molar-refractivity contribution in [2.45, 2.75) is 6.92 Å². The van der Waals surface area contributed by atoms with E-state index in [0.29, 0.717) is 22.9 Å². The number of nitrogens with one attached hydrogen (secondary N) is 1. The van der Waals surface area contributed by atoms with E-state index in [4.69, 9.17) is 19.3 Å². The first kappa shape index (κ1) is 18.1. The molecule has 0 saturated heterocycles. The number of rotatable bonds is 8. The molecule has 1 amide bonds. The molecule has 0 aliphatic carbocycles. The van der Waals surface area contributed by atoms with Crippen LogP contribution in [0.3, 0.4) is 0 Å². The lowest BCUT2D eigenvalue weighted by atomic mass is 10.2. The van der Waals surface area contributed by atoms with Gasteiger partial charge in [-0.1, -0.05) is 12.1 Å². The Hall–Kier alpha value is -3.22. The van der Waals surface area contributed by atoms with Crippen LogP contribution in [0, 0.1) is 6.92 Å². The zero-order valence-electron chi connectivity index (χ0n) is 13.9. The van der Waals surface area contributed by atoms with Crippen molar-refractivity contribution in [3.05, 3.63) is 48.0 Å². The summed E-state index contributed by atoms with van der Waals surface area (Å²) in [5.74, 6) is 0.0700. The molecule has 2 aromatic rings. The van der Waals surface area contributed by atoms with Crippen LogP contribution < -0.4 is 19.5 Å². The summed E-state index contributed by atoms with van der Waals surface area (Å²) in [6, 6.07) is 11.9. The Bertz CT molecular complexity index is 759. The fraction of sp³-hybridized carbons (Fsp3) is 0.222. The monoisotopic (exact) mass is 345 g/mol. The molecule has 0 unspecified atom stereocenters. The predicted molar refractivity (Wildman–Crippen MR) is 91.4 cm³/mol. The van der Waals surface area contributed by atoms with Crippen LogP contribution in [0.5, 0.6) is 17.2 Å². The Morgan fingerprint density at radius 3 is 2.40 bits per heavy atom. The van der Waals surface area contributed by atoms with Gasteiger partial charge in [0.1, 0.15) is 5.75 Å². The molecule has 0 atom stereocenters. The third-order valence-electron chi connectivity index (χ3n) is 3.26. The first-order valence-corrected chi connectivity index (χ1v) is 7.50. The smallest absolute Gasteiger partial charge is 0.341 e. The first-order valence-electron chi connectivity index (χ1n) is 7.50. The average molecular weight is 345 g/mol. The van der Waals surface area contributed by atoms with E-state index in [0.717, 1.165) is 5.56 Å². The minimum atomic E-state index is -1.05.